The average Bonchev–Trinajstić information content (AvgIpc) is 2.95. The van der Waals surface area contributed by atoms with Crippen molar-refractivity contribution < 1.29 is 0 Å². The molecule has 2 aromatic rings. The minimum absolute atomic E-state index is 0.271. The van der Waals surface area contributed by atoms with Crippen molar-refractivity contribution in [3.05, 3.63) is 35.9 Å². The van der Waals surface area contributed by atoms with Gasteiger partial charge in [0.2, 0.25) is 0 Å². The normalized spacial score (nSPS) is 21.2. The summed E-state index contributed by atoms with van der Waals surface area (Å²) in [5, 5.41) is 8.62. The Hall–Kier alpha value is -1.20. The molecule has 112 valence electrons. The predicted octanol–water partition coefficient (Wildman–Crippen LogP) is 3.86. The summed E-state index contributed by atoms with van der Waals surface area (Å²) in [5.74, 6) is 2.34. The molecule has 0 saturated carbocycles. The maximum absolute atomic E-state index is 6.18. The van der Waals surface area contributed by atoms with Crippen LogP contribution in [0.4, 0.5) is 5.69 Å². The van der Waals surface area contributed by atoms with Gasteiger partial charge in [-0.05, 0) is 35.8 Å². The lowest BCUT2D eigenvalue weighted by Crippen LogP contribution is -2.41. The van der Waals surface area contributed by atoms with E-state index in [1.807, 2.05) is 30.0 Å². The molecule has 0 aliphatic carbocycles. The van der Waals surface area contributed by atoms with Gasteiger partial charge in [-0.1, -0.05) is 25.4 Å². The quantitative estimate of drug-likeness (QED) is 0.931. The van der Waals surface area contributed by atoms with Crippen LogP contribution in [0.25, 0.3) is 5.69 Å². The van der Waals surface area contributed by atoms with Crippen molar-refractivity contribution in [3.63, 3.8) is 0 Å². The van der Waals surface area contributed by atoms with E-state index in [-0.39, 0.29) is 5.41 Å². The molecule has 1 fully saturated rings. The van der Waals surface area contributed by atoms with Gasteiger partial charge >= 0.3 is 0 Å². The van der Waals surface area contributed by atoms with Crippen molar-refractivity contribution >= 4 is 29.1 Å². The minimum Gasteiger partial charge on any atom is -0.379 e. The number of hydrogen-bond acceptors (Lipinski definition) is 4. The van der Waals surface area contributed by atoms with Gasteiger partial charge in [0.05, 0.1) is 11.4 Å². The summed E-state index contributed by atoms with van der Waals surface area (Å²) < 4.78 is 1.77. The number of benzene rings is 1. The highest BCUT2D eigenvalue weighted by Crippen LogP contribution is 2.37. The maximum Gasteiger partial charge on any atom is 0.138 e. The van der Waals surface area contributed by atoms with Crippen LogP contribution in [-0.2, 0) is 0 Å². The molecule has 1 saturated heterocycles. The third kappa shape index (κ3) is 3.19. The van der Waals surface area contributed by atoms with Crippen LogP contribution in [0.5, 0.6) is 0 Å². The van der Waals surface area contributed by atoms with E-state index < -0.39 is 0 Å². The second kappa shape index (κ2) is 5.89. The number of nitrogens with one attached hydrogen (secondary N) is 1. The summed E-state index contributed by atoms with van der Waals surface area (Å²) in [6, 6.07) is 6.23. The molecule has 21 heavy (non-hydrogen) atoms. The number of hydrogen-bond donors (Lipinski definition) is 1. The first-order valence-corrected chi connectivity index (χ1v) is 8.58. The highest BCUT2D eigenvalue weighted by Gasteiger charge is 2.33. The first-order chi connectivity index (χ1) is 10.1. The molecule has 4 nitrogen and oxygen atoms in total. The van der Waals surface area contributed by atoms with Crippen molar-refractivity contribution in [2.24, 2.45) is 5.41 Å². The van der Waals surface area contributed by atoms with Crippen LogP contribution in [0.15, 0.2) is 30.9 Å². The third-order valence-corrected chi connectivity index (χ3v) is 5.37. The number of anilines is 1. The topological polar surface area (TPSA) is 42.7 Å². The van der Waals surface area contributed by atoms with Gasteiger partial charge in [-0.3, -0.25) is 0 Å². The lowest BCUT2D eigenvalue weighted by atomic mass is 9.82. The first kappa shape index (κ1) is 14.7. The van der Waals surface area contributed by atoms with Gasteiger partial charge in [0.1, 0.15) is 12.7 Å². The SMILES string of the molecule is CC1(C)CCSCC1Nc1cc(Cl)ccc1-n1cncn1. The van der Waals surface area contributed by atoms with E-state index in [9.17, 15) is 0 Å². The molecule has 1 aromatic carbocycles. The molecule has 0 amide bonds. The Morgan fingerprint density at radius 2 is 2.29 bits per heavy atom. The second-order valence-electron chi connectivity index (χ2n) is 6.01. The Morgan fingerprint density at radius 1 is 1.43 bits per heavy atom. The van der Waals surface area contributed by atoms with Gasteiger partial charge in [-0.15, -0.1) is 0 Å². The molecule has 0 spiro atoms. The Bertz CT molecular complexity index is 612. The van der Waals surface area contributed by atoms with Crippen molar-refractivity contribution in [2.75, 3.05) is 16.8 Å². The fourth-order valence-corrected chi connectivity index (χ4v) is 4.30. The molecule has 1 N–H and O–H groups in total. The van der Waals surface area contributed by atoms with E-state index >= 15 is 0 Å². The van der Waals surface area contributed by atoms with E-state index in [1.165, 1.54) is 12.2 Å². The third-order valence-electron chi connectivity index (χ3n) is 4.07. The fraction of sp³-hybridized carbons (Fsp3) is 0.467. The number of nitrogens with zero attached hydrogens (tertiary/aromatic N) is 3. The average molecular weight is 323 g/mol. The summed E-state index contributed by atoms with van der Waals surface area (Å²) in [7, 11) is 0. The fourth-order valence-electron chi connectivity index (χ4n) is 2.52. The molecule has 6 heteroatoms. The number of halogens is 1. The number of thioether (sulfide) groups is 1. The van der Waals surface area contributed by atoms with Crippen LogP contribution < -0.4 is 5.32 Å². The molecule has 1 aromatic heterocycles. The van der Waals surface area contributed by atoms with E-state index in [2.05, 4.69) is 29.2 Å². The van der Waals surface area contributed by atoms with Crippen LogP contribution >= 0.6 is 23.4 Å². The molecule has 0 radical (unpaired) electrons. The number of rotatable bonds is 3. The van der Waals surface area contributed by atoms with Crippen molar-refractivity contribution in [1.82, 2.24) is 14.8 Å². The highest BCUT2D eigenvalue weighted by atomic mass is 35.5. The van der Waals surface area contributed by atoms with Crippen LogP contribution in [0.1, 0.15) is 20.3 Å². The van der Waals surface area contributed by atoms with Gasteiger partial charge in [-0.2, -0.15) is 16.9 Å². The lowest BCUT2D eigenvalue weighted by Gasteiger charge is -2.39. The van der Waals surface area contributed by atoms with Crippen molar-refractivity contribution in [2.45, 2.75) is 26.3 Å². The molecule has 1 unspecified atom stereocenters. The Labute approximate surface area is 134 Å². The smallest absolute Gasteiger partial charge is 0.138 e. The standard InChI is InChI=1S/C15H19ClN4S/c1-15(2)5-6-21-8-14(15)19-12-7-11(16)3-4-13(12)20-10-17-9-18-20/h3-4,7,9-10,14,19H,5-6,8H2,1-2H3. The van der Waals surface area contributed by atoms with Crippen molar-refractivity contribution in [3.8, 4) is 5.69 Å². The van der Waals surface area contributed by atoms with Crippen LogP contribution in [-0.4, -0.2) is 32.3 Å². The zero-order valence-corrected chi connectivity index (χ0v) is 13.8. The largest absolute Gasteiger partial charge is 0.379 e. The molecule has 3 rings (SSSR count). The van der Waals surface area contributed by atoms with Crippen LogP contribution in [0, 0.1) is 5.41 Å². The number of aromatic nitrogens is 3. The first-order valence-electron chi connectivity index (χ1n) is 7.05. The van der Waals surface area contributed by atoms with E-state index in [4.69, 9.17) is 11.6 Å². The zero-order chi connectivity index (χ0) is 14.9. The Balaban J connectivity index is 1.92. The maximum atomic E-state index is 6.18. The monoisotopic (exact) mass is 322 g/mol. The molecule has 2 heterocycles. The van der Waals surface area contributed by atoms with E-state index in [1.54, 1.807) is 17.3 Å². The van der Waals surface area contributed by atoms with Gasteiger partial charge < -0.3 is 5.32 Å². The minimum atomic E-state index is 0.271. The Morgan fingerprint density at radius 3 is 3.00 bits per heavy atom. The van der Waals surface area contributed by atoms with Gasteiger partial charge in [0, 0.05) is 16.8 Å². The molecule has 1 aliphatic heterocycles. The predicted molar refractivity (Wildman–Crippen MR) is 89.5 cm³/mol. The molecule has 1 aliphatic rings. The molecular formula is C15H19ClN4S. The van der Waals surface area contributed by atoms with Gasteiger partial charge in [0.25, 0.3) is 0 Å². The molecular weight excluding hydrogens is 304 g/mol. The second-order valence-corrected chi connectivity index (χ2v) is 7.60. The lowest BCUT2D eigenvalue weighted by molar-refractivity contribution is 0.305. The van der Waals surface area contributed by atoms with Gasteiger partial charge in [0.15, 0.2) is 0 Å². The zero-order valence-electron chi connectivity index (χ0n) is 12.2. The molecule has 0 bridgehead atoms. The van der Waals surface area contributed by atoms with Crippen molar-refractivity contribution in [1.29, 1.82) is 0 Å². The summed E-state index contributed by atoms with van der Waals surface area (Å²) in [6.07, 6.45) is 4.46. The van der Waals surface area contributed by atoms with Gasteiger partial charge in [-0.25, -0.2) is 9.67 Å². The summed E-state index contributed by atoms with van der Waals surface area (Å²) in [6.45, 7) is 4.65. The van der Waals surface area contributed by atoms with Crippen LogP contribution in [0.3, 0.4) is 0 Å². The highest BCUT2D eigenvalue weighted by molar-refractivity contribution is 7.99. The van der Waals surface area contributed by atoms with E-state index in [0.717, 1.165) is 22.2 Å². The summed E-state index contributed by atoms with van der Waals surface area (Å²) >= 11 is 8.18. The summed E-state index contributed by atoms with van der Waals surface area (Å²) in [5.41, 5.74) is 2.25. The van der Waals surface area contributed by atoms with Crippen LogP contribution in [0.2, 0.25) is 5.02 Å². The Kier molecular flexibility index (Phi) is 4.13. The molecule has 1 atom stereocenters. The summed E-state index contributed by atoms with van der Waals surface area (Å²) in [4.78, 5) is 4.02. The van der Waals surface area contributed by atoms with E-state index in [0.29, 0.717) is 6.04 Å².